The number of nitrogens with one attached hydrogen (secondary N) is 2. The van der Waals surface area contributed by atoms with Gasteiger partial charge >= 0.3 is 6.03 Å². The summed E-state index contributed by atoms with van der Waals surface area (Å²) >= 11 is 6.29. The predicted molar refractivity (Wildman–Crippen MR) is 109 cm³/mol. The average Bonchev–Trinajstić information content (AvgIpc) is 3.22. The predicted octanol–water partition coefficient (Wildman–Crippen LogP) is 2.63. The molecule has 2 N–H and O–H groups in total. The van der Waals surface area contributed by atoms with Gasteiger partial charge in [-0.1, -0.05) is 49.1 Å². The van der Waals surface area contributed by atoms with Gasteiger partial charge in [-0.15, -0.1) is 0 Å². The van der Waals surface area contributed by atoms with Gasteiger partial charge in [0.25, 0.3) is 11.8 Å². The van der Waals surface area contributed by atoms with Crippen molar-refractivity contribution >= 4 is 29.4 Å². The van der Waals surface area contributed by atoms with Crippen LogP contribution in [-0.2, 0) is 16.0 Å². The third-order valence-corrected chi connectivity index (χ3v) is 6.73. The highest BCUT2D eigenvalue weighted by Gasteiger charge is 2.52. The molecule has 0 radical (unpaired) electrons. The third-order valence-electron chi connectivity index (χ3n) is 6.36. The molecule has 29 heavy (non-hydrogen) atoms. The smallest absolute Gasteiger partial charge is 0.322 e. The second-order valence-corrected chi connectivity index (χ2v) is 8.72. The van der Waals surface area contributed by atoms with E-state index in [1.54, 1.807) is 0 Å². The Labute approximate surface area is 175 Å². The third kappa shape index (κ3) is 4.12. The number of nitrogens with zero attached hydrogens (tertiary/aromatic N) is 2. The maximum Gasteiger partial charge on any atom is 0.344 e. The Morgan fingerprint density at radius 2 is 1.93 bits per heavy atom. The SMILES string of the molecule is O=C(CN1CCCC1Cc1ccccc1Cl)NN1C(=O)NC2(CCCCC2)C1=O. The van der Waals surface area contributed by atoms with Gasteiger partial charge in [-0.2, -0.15) is 5.01 Å². The van der Waals surface area contributed by atoms with Crippen molar-refractivity contribution in [2.24, 2.45) is 0 Å². The van der Waals surface area contributed by atoms with Crippen LogP contribution in [0.5, 0.6) is 0 Å². The van der Waals surface area contributed by atoms with Crippen LogP contribution in [0.4, 0.5) is 4.79 Å². The second-order valence-electron chi connectivity index (χ2n) is 8.31. The molecule has 3 aliphatic rings. The molecule has 1 aromatic rings. The fraction of sp³-hybridized carbons (Fsp3) is 0.571. The van der Waals surface area contributed by atoms with Crippen LogP contribution in [0.2, 0.25) is 5.02 Å². The zero-order valence-corrected chi connectivity index (χ0v) is 17.2. The Bertz CT molecular complexity index is 809. The van der Waals surface area contributed by atoms with Crippen molar-refractivity contribution in [3.05, 3.63) is 34.9 Å². The molecule has 1 aromatic carbocycles. The molecule has 0 bridgehead atoms. The summed E-state index contributed by atoms with van der Waals surface area (Å²) in [6, 6.07) is 7.44. The molecule has 2 saturated heterocycles. The molecule has 1 spiro atoms. The number of carbonyl (C=O) groups is 3. The Hall–Kier alpha value is -2.12. The number of imide groups is 1. The lowest BCUT2D eigenvalue weighted by Crippen LogP contribution is -2.52. The van der Waals surface area contributed by atoms with E-state index < -0.39 is 11.6 Å². The zero-order chi connectivity index (χ0) is 20.4. The van der Waals surface area contributed by atoms with Crippen LogP contribution in [0.25, 0.3) is 0 Å². The van der Waals surface area contributed by atoms with E-state index in [0.29, 0.717) is 12.8 Å². The van der Waals surface area contributed by atoms with E-state index in [1.807, 2.05) is 24.3 Å². The van der Waals surface area contributed by atoms with Crippen LogP contribution in [-0.4, -0.2) is 52.4 Å². The maximum absolute atomic E-state index is 12.8. The highest BCUT2D eigenvalue weighted by Crippen LogP contribution is 2.33. The monoisotopic (exact) mass is 418 g/mol. The first-order valence-corrected chi connectivity index (χ1v) is 10.8. The van der Waals surface area contributed by atoms with E-state index in [9.17, 15) is 14.4 Å². The second kappa shape index (κ2) is 8.32. The summed E-state index contributed by atoms with van der Waals surface area (Å²) in [4.78, 5) is 39.9. The summed E-state index contributed by atoms with van der Waals surface area (Å²) in [5.41, 5.74) is 2.78. The summed E-state index contributed by atoms with van der Waals surface area (Å²) in [5.74, 6) is -0.669. The van der Waals surface area contributed by atoms with Crippen molar-refractivity contribution in [1.29, 1.82) is 0 Å². The number of likely N-dealkylation sites (tertiary alicyclic amines) is 1. The van der Waals surface area contributed by atoms with Crippen LogP contribution in [0.1, 0.15) is 50.5 Å². The molecule has 4 rings (SSSR count). The molecule has 2 heterocycles. The first kappa shape index (κ1) is 20.2. The fourth-order valence-electron chi connectivity index (χ4n) is 4.81. The van der Waals surface area contributed by atoms with Gasteiger partial charge < -0.3 is 5.32 Å². The molecule has 0 aromatic heterocycles. The van der Waals surface area contributed by atoms with Crippen molar-refractivity contribution in [3.63, 3.8) is 0 Å². The quantitative estimate of drug-likeness (QED) is 0.720. The van der Waals surface area contributed by atoms with E-state index in [4.69, 9.17) is 11.6 Å². The minimum absolute atomic E-state index is 0.152. The van der Waals surface area contributed by atoms with Gasteiger partial charge in [-0.05, 0) is 50.3 Å². The number of urea groups is 1. The Morgan fingerprint density at radius 1 is 1.17 bits per heavy atom. The molecular weight excluding hydrogens is 392 g/mol. The minimum atomic E-state index is -0.831. The minimum Gasteiger partial charge on any atom is -0.322 e. The normalized spacial score (nSPS) is 24.2. The molecule has 1 aliphatic carbocycles. The molecule has 3 fully saturated rings. The van der Waals surface area contributed by atoms with Crippen molar-refractivity contribution in [2.45, 2.75) is 62.9 Å². The Kier molecular flexibility index (Phi) is 5.79. The first-order valence-electron chi connectivity index (χ1n) is 10.4. The topological polar surface area (TPSA) is 81.8 Å². The van der Waals surface area contributed by atoms with Crippen molar-refractivity contribution in [1.82, 2.24) is 20.7 Å². The highest BCUT2D eigenvalue weighted by atomic mass is 35.5. The number of hydrogen-bond donors (Lipinski definition) is 2. The van der Waals surface area contributed by atoms with Gasteiger partial charge in [0.2, 0.25) is 0 Å². The first-order chi connectivity index (χ1) is 14.0. The fourth-order valence-corrected chi connectivity index (χ4v) is 5.03. The van der Waals surface area contributed by atoms with Crippen molar-refractivity contribution in [2.75, 3.05) is 13.1 Å². The number of benzene rings is 1. The van der Waals surface area contributed by atoms with Gasteiger partial charge in [-0.3, -0.25) is 19.9 Å². The number of carbonyl (C=O) groups excluding carboxylic acids is 3. The zero-order valence-electron chi connectivity index (χ0n) is 16.5. The molecule has 1 unspecified atom stereocenters. The molecule has 7 nitrogen and oxygen atoms in total. The molecule has 156 valence electrons. The molecule has 2 aliphatic heterocycles. The lowest BCUT2D eigenvalue weighted by molar-refractivity contribution is -0.140. The standard InChI is InChI=1S/C21H27ClN4O3/c22-17-9-3-2-7-15(17)13-16-8-6-12-25(16)14-18(27)24-26-19(28)21(23-20(26)29)10-4-1-5-11-21/h2-3,7,9,16H,1,4-6,8,10-14H2,(H,23,29)(H,24,27). The average molecular weight is 419 g/mol. The van der Waals surface area contributed by atoms with E-state index in [1.165, 1.54) is 0 Å². The molecule has 1 atom stereocenters. The molecular formula is C21H27ClN4O3. The van der Waals surface area contributed by atoms with Crippen molar-refractivity contribution < 1.29 is 14.4 Å². The number of hydrazine groups is 1. The van der Waals surface area contributed by atoms with Crippen LogP contribution in [0, 0.1) is 0 Å². The highest BCUT2D eigenvalue weighted by molar-refractivity contribution is 6.31. The van der Waals surface area contributed by atoms with Crippen LogP contribution in [0.3, 0.4) is 0 Å². The largest absolute Gasteiger partial charge is 0.344 e. The van der Waals surface area contributed by atoms with E-state index in [-0.39, 0.29) is 24.4 Å². The van der Waals surface area contributed by atoms with E-state index in [2.05, 4.69) is 15.6 Å². The lowest BCUT2D eigenvalue weighted by Gasteiger charge is -2.30. The van der Waals surface area contributed by atoms with E-state index in [0.717, 1.165) is 60.7 Å². The summed E-state index contributed by atoms with van der Waals surface area (Å²) in [6.45, 7) is 0.964. The lowest BCUT2D eigenvalue weighted by atomic mass is 9.82. The Balaban J connectivity index is 1.36. The Morgan fingerprint density at radius 3 is 2.69 bits per heavy atom. The van der Waals surface area contributed by atoms with Crippen LogP contribution in [0.15, 0.2) is 24.3 Å². The van der Waals surface area contributed by atoms with Crippen molar-refractivity contribution in [3.8, 4) is 0 Å². The molecule has 4 amide bonds. The van der Waals surface area contributed by atoms with Gasteiger partial charge in [-0.25, -0.2) is 4.79 Å². The van der Waals surface area contributed by atoms with Crippen LogP contribution < -0.4 is 10.7 Å². The van der Waals surface area contributed by atoms with Gasteiger partial charge in [0.1, 0.15) is 5.54 Å². The molecule has 1 saturated carbocycles. The summed E-state index contributed by atoms with van der Waals surface area (Å²) < 4.78 is 0. The number of amides is 4. The summed E-state index contributed by atoms with van der Waals surface area (Å²) in [6.07, 6.45) is 6.93. The summed E-state index contributed by atoms with van der Waals surface area (Å²) in [7, 11) is 0. The summed E-state index contributed by atoms with van der Waals surface area (Å²) in [5, 5.41) is 4.43. The molecule has 8 heteroatoms. The van der Waals surface area contributed by atoms with Crippen LogP contribution >= 0.6 is 11.6 Å². The van der Waals surface area contributed by atoms with Gasteiger partial charge in [0, 0.05) is 11.1 Å². The van der Waals surface area contributed by atoms with Gasteiger partial charge in [0.15, 0.2) is 0 Å². The number of halogens is 1. The number of rotatable bonds is 5. The van der Waals surface area contributed by atoms with Gasteiger partial charge in [0.05, 0.1) is 6.54 Å². The maximum atomic E-state index is 12.8. The number of hydrogen-bond acceptors (Lipinski definition) is 4. The van der Waals surface area contributed by atoms with E-state index >= 15 is 0 Å².